The number of benzene rings is 1. The summed E-state index contributed by atoms with van der Waals surface area (Å²) in [5, 5.41) is -0.205. The smallest absolute Gasteiger partial charge is 0.259 e. The van der Waals surface area contributed by atoms with Gasteiger partial charge in [-0.05, 0) is 43.0 Å². The lowest BCUT2D eigenvalue weighted by molar-refractivity contribution is 0.105. The van der Waals surface area contributed by atoms with E-state index in [1.807, 2.05) is 31.2 Å². The average molecular weight is 246 g/mol. The second-order valence-corrected chi connectivity index (χ2v) is 4.57. The van der Waals surface area contributed by atoms with E-state index in [-0.39, 0.29) is 16.6 Å². The Bertz CT molecular complexity index is 557. The molecule has 0 N–H and O–H groups in total. The standard InChI is InChI=1S/C13H10O3S/c1-9-3-2-4-11(7-9)17-13(15)12-6-5-10(8-14)16-12/h2-8H,1H3. The maximum atomic E-state index is 11.8. The van der Waals surface area contributed by atoms with Crippen LogP contribution in [0.4, 0.5) is 0 Å². The quantitative estimate of drug-likeness (QED) is 0.615. The van der Waals surface area contributed by atoms with Crippen molar-refractivity contribution in [1.29, 1.82) is 0 Å². The zero-order valence-electron chi connectivity index (χ0n) is 9.17. The highest BCUT2D eigenvalue weighted by Gasteiger charge is 2.12. The molecule has 1 heterocycles. The Morgan fingerprint density at radius 3 is 2.76 bits per heavy atom. The van der Waals surface area contributed by atoms with E-state index in [0.29, 0.717) is 6.29 Å². The zero-order chi connectivity index (χ0) is 12.3. The van der Waals surface area contributed by atoms with Gasteiger partial charge in [-0.1, -0.05) is 17.7 Å². The SMILES string of the molecule is Cc1cccc(SC(=O)c2ccc(C=O)o2)c1. The summed E-state index contributed by atoms with van der Waals surface area (Å²) < 4.78 is 5.06. The normalized spacial score (nSPS) is 10.2. The van der Waals surface area contributed by atoms with Crippen LogP contribution in [0, 0.1) is 6.92 Å². The van der Waals surface area contributed by atoms with E-state index in [2.05, 4.69) is 0 Å². The molecule has 3 nitrogen and oxygen atoms in total. The molecule has 86 valence electrons. The maximum Gasteiger partial charge on any atom is 0.259 e. The van der Waals surface area contributed by atoms with Crippen LogP contribution in [0.3, 0.4) is 0 Å². The largest absolute Gasteiger partial charge is 0.449 e. The van der Waals surface area contributed by atoms with Gasteiger partial charge in [0.15, 0.2) is 17.8 Å². The van der Waals surface area contributed by atoms with Crippen LogP contribution in [-0.4, -0.2) is 11.4 Å². The lowest BCUT2D eigenvalue weighted by Crippen LogP contribution is -1.90. The van der Waals surface area contributed by atoms with Crippen molar-refractivity contribution in [3.05, 3.63) is 53.5 Å². The molecule has 17 heavy (non-hydrogen) atoms. The molecular formula is C13H10O3S. The topological polar surface area (TPSA) is 47.3 Å². The highest BCUT2D eigenvalue weighted by atomic mass is 32.2. The van der Waals surface area contributed by atoms with Crippen molar-refractivity contribution in [3.63, 3.8) is 0 Å². The first-order valence-electron chi connectivity index (χ1n) is 5.03. The number of carbonyl (C=O) groups excluding carboxylic acids is 2. The highest BCUT2D eigenvalue weighted by Crippen LogP contribution is 2.24. The van der Waals surface area contributed by atoms with Crippen molar-refractivity contribution in [2.24, 2.45) is 0 Å². The molecule has 0 aliphatic carbocycles. The van der Waals surface area contributed by atoms with Gasteiger partial charge in [0.05, 0.1) is 0 Å². The zero-order valence-corrected chi connectivity index (χ0v) is 9.99. The maximum absolute atomic E-state index is 11.8. The first-order chi connectivity index (χ1) is 8.19. The first kappa shape index (κ1) is 11.7. The van der Waals surface area contributed by atoms with Crippen LogP contribution in [-0.2, 0) is 0 Å². The van der Waals surface area contributed by atoms with Gasteiger partial charge in [0.2, 0.25) is 0 Å². The molecule has 0 aliphatic rings. The molecular weight excluding hydrogens is 236 g/mol. The molecule has 1 aromatic carbocycles. The summed E-state index contributed by atoms with van der Waals surface area (Å²) in [6.07, 6.45) is 0.577. The van der Waals surface area contributed by atoms with Crippen LogP contribution in [0.15, 0.2) is 45.7 Å². The van der Waals surface area contributed by atoms with E-state index in [4.69, 9.17) is 4.42 Å². The molecule has 0 saturated heterocycles. The van der Waals surface area contributed by atoms with E-state index in [9.17, 15) is 9.59 Å². The summed E-state index contributed by atoms with van der Waals surface area (Å²) in [5.41, 5.74) is 1.09. The average Bonchev–Trinajstić information content (AvgIpc) is 2.77. The Kier molecular flexibility index (Phi) is 3.44. The summed E-state index contributed by atoms with van der Waals surface area (Å²) >= 11 is 1.09. The number of aldehydes is 1. The van der Waals surface area contributed by atoms with Gasteiger partial charge in [-0.25, -0.2) is 0 Å². The second-order valence-electron chi connectivity index (χ2n) is 3.53. The molecule has 0 spiro atoms. The van der Waals surface area contributed by atoms with Crippen molar-refractivity contribution in [2.45, 2.75) is 11.8 Å². The third-order valence-corrected chi connectivity index (χ3v) is 3.02. The van der Waals surface area contributed by atoms with E-state index >= 15 is 0 Å². The van der Waals surface area contributed by atoms with Gasteiger partial charge >= 0.3 is 0 Å². The van der Waals surface area contributed by atoms with Crippen molar-refractivity contribution in [3.8, 4) is 0 Å². The van der Waals surface area contributed by atoms with Crippen LogP contribution in [0.5, 0.6) is 0 Å². The van der Waals surface area contributed by atoms with E-state index < -0.39 is 0 Å². The number of aryl methyl sites for hydroxylation is 1. The first-order valence-corrected chi connectivity index (χ1v) is 5.84. The number of furan rings is 1. The molecule has 2 aromatic rings. The fourth-order valence-corrected chi connectivity index (χ4v) is 2.18. The van der Waals surface area contributed by atoms with Gasteiger partial charge in [-0.3, -0.25) is 9.59 Å². The molecule has 2 rings (SSSR count). The molecule has 0 fully saturated rings. The van der Waals surface area contributed by atoms with E-state index in [1.165, 1.54) is 12.1 Å². The van der Waals surface area contributed by atoms with Gasteiger partial charge in [0.1, 0.15) is 0 Å². The molecule has 0 radical (unpaired) electrons. The van der Waals surface area contributed by atoms with Crippen LogP contribution in [0.1, 0.15) is 26.7 Å². The minimum Gasteiger partial charge on any atom is -0.449 e. The number of carbonyl (C=O) groups is 2. The van der Waals surface area contributed by atoms with Crippen molar-refractivity contribution < 1.29 is 14.0 Å². The van der Waals surface area contributed by atoms with Crippen LogP contribution < -0.4 is 0 Å². The Hall–Kier alpha value is -1.81. The minimum absolute atomic E-state index is 0.165. The molecule has 0 atom stereocenters. The van der Waals surface area contributed by atoms with Gasteiger partial charge < -0.3 is 4.42 Å². The van der Waals surface area contributed by atoms with E-state index in [1.54, 1.807) is 0 Å². The number of thioether (sulfide) groups is 1. The molecule has 0 aliphatic heterocycles. The molecule has 0 amide bonds. The summed E-state index contributed by atoms with van der Waals surface area (Å²) in [7, 11) is 0. The van der Waals surface area contributed by atoms with Crippen LogP contribution in [0.25, 0.3) is 0 Å². The lowest BCUT2D eigenvalue weighted by Gasteiger charge is -1.99. The van der Waals surface area contributed by atoms with Gasteiger partial charge in [0, 0.05) is 4.90 Å². The molecule has 0 bridgehead atoms. The second kappa shape index (κ2) is 5.01. The number of hydrogen-bond acceptors (Lipinski definition) is 4. The molecule has 0 unspecified atom stereocenters. The lowest BCUT2D eigenvalue weighted by atomic mass is 10.2. The Morgan fingerprint density at radius 1 is 1.29 bits per heavy atom. The van der Waals surface area contributed by atoms with E-state index in [0.717, 1.165) is 22.2 Å². The van der Waals surface area contributed by atoms with Crippen molar-refractivity contribution in [2.75, 3.05) is 0 Å². The predicted octanol–water partition coefficient (Wildman–Crippen LogP) is 3.33. The predicted molar refractivity (Wildman–Crippen MR) is 65.5 cm³/mol. The third kappa shape index (κ3) is 2.85. The Balaban J connectivity index is 2.14. The summed E-state index contributed by atoms with van der Waals surface area (Å²) in [4.78, 5) is 23.1. The fourth-order valence-electron chi connectivity index (χ4n) is 1.36. The summed E-state index contributed by atoms with van der Waals surface area (Å²) in [6, 6.07) is 10.6. The Morgan fingerprint density at radius 2 is 2.12 bits per heavy atom. The Labute approximate surface area is 103 Å². The minimum atomic E-state index is -0.205. The summed E-state index contributed by atoms with van der Waals surface area (Å²) in [5.74, 6) is 0.358. The number of rotatable bonds is 3. The third-order valence-electron chi connectivity index (χ3n) is 2.14. The van der Waals surface area contributed by atoms with Gasteiger partial charge in [0.25, 0.3) is 5.12 Å². The van der Waals surface area contributed by atoms with Crippen molar-refractivity contribution in [1.82, 2.24) is 0 Å². The van der Waals surface area contributed by atoms with Crippen LogP contribution in [0.2, 0.25) is 0 Å². The highest BCUT2D eigenvalue weighted by molar-refractivity contribution is 8.14. The van der Waals surface area contributed by atoms with Gasteiger partial charge in [-0.15, -0.1) is 0 Å². The molecule has 1 aromatic heterocycles. The monoisotopic (exact) mass is 246 g/mol. The summed E-state index contributed by atoms with van der Waals surface area (Å²) in [6.45, 7) is 1.96. The molecule has 0 saturated carbocycles. The fraction of sp³-hybridized carbons (Fsp3) is 0.0769. The number of hydrogen-bond donors (Lipinski definition) is 0. The van der Waals surface area contributed by atoms with Gasteiger partial charge in [-0.2, -0.15) is 0 Å². The van der Waals surface area contributed by atoms with Crippen molar-refractivity contribution >= 4 is 23.2 Å². The van der Waals surface area contributed by atoms with Crippen LogP contribution >= 0.6 is 11.8 Å². The molecule has 4 heteroatoms.